The third kappa shape index (κ3) is 12.1. The summed E-state index contributed by atoms with van der Waals surface area (Å²) >= 11 is 0. The Balaban J connectivity index is 0.820. The Morgan fingerprint density at radius 1 is 0.513 bits per heavy atom. The standard InChI is InChI=1S/C54H68F2N12O8/c1-29(57-3)47(69)63-43-27-65(23-21-37-17-19-45(67(37)51(43)73)49(71)61-41-25-39(41)31-5-9-33(55)10-6-31)53(75)59-35-13-15-36(16-14-35)60-54(76)66-24-22-38-18-20-46(68(38)52(74)44(28-66)64-48(70)30(2)58-4)50(72)62-42-26-40(42)32-7-11-34(56)12-8-32/h5-16,29-30,37-46,57-58H,17-28H2,1-4H3,(H,59,75)(H,60,76)(H,61,71)(H,62,72)(H,63,69)(H,64,70)/t29-,30-,37+,38+,39+,40+,41-,42-,43-,44+,45-,46-/m0/s1. The van der Waals surface area contributed by atoms with Gasteiger partial charge >= 0.3 is 12.1 Å². The van der Waals surface area contributed by atoms with Crippen LogP contribution in [0.1, 0.15) is 88.2 Å². The number of hydrogen-bond donors (Lipinski definition) is 8. The van der Waals surface area contributed by atoms with Gasteiger partial charge in [-0.05, 0) is 139 Å². The lowest BCUT2D eigenvalue weighted by atomic mass is 10.1. The van der Waals surface area contributed by atoms with Gasteiger partial charge in [0.1, 0.15) is 35.8 Å². The average Bonchev–Trinajstić information content (AvgIpc) is 4.26. The van der Waals surface area contributed by atoms with Crippen molar-refractivity contribution >= 4 is 58.9 Å². The quantitative estimate of drug-likeness (QED) is 0.117. The van der Waals surface area contributed by atoms with Gasteiger partial charge in [-0.25, -0.2) is 18.4 Å². The lowest BCUT2D eigenvalue weighted by molar-refractivity contribution is -0.144. The monoisotopic (exact) mass is 1050 g/mol. The SMILES string of the molecule is CN[C@@H](C)C(=O)N[C@H]1CN(C(=O)Nc2ccc(NC(=O)N3CC[C@H]4CC[C@@H](C(=O)N[C@H]5C[C@@H]5c5ccc(F)cc5)N4C(=O)[C@H](NC(=O)[C@H](C)NC)C3)cc2)CC[C@H]2CC[C@@H](C(=O)N[C@H]3C[C@@H]3c3ccc(F)cc3)N2C1=O. The molecular weight excluding hydrogens is 983 g/mol. The first-order valence-corrected chi connectivity index (χ1v) is 26.4. The highest BCUT2D eigenvalue weighted by Crippen LogP contribution is 2.43. The van der Waals surface area contributed by atoms with Crippen LogP contribution < -0.4 is 42.5 Å². The highest BCUT2D eigenvalue weighted by atomic mass is 19.1. The molecular formula is C54H68F2N12O8. The lowest BCUT2D eigenvalue weighted by Gasteiger charge is -2.39. The van der Waals surface area contributed by atoms with Gasteiger partial charge in [0.15, 0.2) is 0 Å². The molecule has 8 N–H and O–H groups in total. The Hall–Kier alpha value is -7.20. The summed E-state index contributed by atoms with van der Waals surface area (Å²) in [5.74, 6) is -3.01. The van der Waals surface area contributed by atoms with Gasteiger partial charge in [0.2, 0.25) is 35.4 Å². The number of carbonyl (C=O) groups is 8. The van der Waals surface area contributed by atoms with Gasteiger partial charge in [0, 0.05) is 60.5 Å². The highest BCUT2D eigenvalue weighted by molar-refractivity contribution is 5.97. The molecule has 2 aliphatic carbocycles. The number of halogens is 2. The topological polar surface area (TPSA) is 246 Å². The second-order valence-corrected chi connectivity index (χ2v) is 21.1. The van der Waals surface area contributed by atoms with Crippen LogP contribution in [0.3, 0.4) is 0 Å². The Morgan fingerprint density at radius 3 is 1.24 bits per heavy atom. The van der Waals surface area contributed by atoms with E-state index in [0.29, 0.717) is 62.7 Å². The Labute approximate surface area is 440 Å². The highest BCUT2D eigenvalue weighted by Gasteiger charge is 2.50. The second kappa shape index (κ2) is 23.0. The van der Waals surface area contributed by atoms with E-state index in [1.54, 1.807) is 86.3 Å². The number of amides is 10. The van der Waals surface area contributed by atoms with Crippen molar-refractivity contribution in [3.63, 3.8) is 0 Å². The fourth-order valence-electron chi connectivity index (χ4n) is 11.2. The number of urea groups is 2. The molecule has 0 radical (unpaired) electrons. The van der Waals surface area contributed by atoms with Crippen LogP contribution in [-0.4, -0.2) is 168 Å². The summed E-state index contributed by atoms with van der Waals surface area (Å²) in [6.45, 7) is 3.37. The molecule has 4 heterocycles. The number of fused-ring (bicyclic) bond motifs is 2. The number of hydrogen-bond acceptors (Lipinski definition) is 10. The van der Waals surface area contributed by atoms with Crippen molar-refractivity contribution in [2.75, 3.05) is 50.9 Å². The smallest absolute Gasteiger partial charge is 0.321 e. The first-order valence-electron chi connectivity index (χ1n) is 26.4. The van der Waals surface area contributed by atoms with Gasteiger partial charge in [-0.2, -0.15) is 0 Å². The number of anilines is 2. The molecule has 6 aliphatic rings. The van der Waals surface area contributed by atoms with Crippen molar-refractivity contribution in [2.24, 2.45) is 0 Å². The van der Waals surface area contributed by atoms with E-state index in [1.807, 2.05) is 0 Å². The Kier molecular flexibility index (Phi) is 16.2. The van der Waals surface area contributed by atoms with Crippen molar-refractivity contribution in [3.05, 3.63) is 95.6 Å². The number of nitrogens with zero attached hydrogens (tertiary/aromatic N) is 4. The number of rotatable bonds is 14. The second-order valence-electron chi connectivity index (χ2n) is 21.1. The summed E-state index contributed by atoms with van der Waals surface area (Å²) in [5.41, 5.74) is 2.61. The predicted molar refractivity (Wildman–Crippen MR) is 276 cm³/mol. The molecule has 22 heteroatoms. The molecule has 6 fully saturated rings. The minimum atomic E-state index is -1.16. The van der Waals surface area contributed by atoms with E-state index >= 15 is 0 Å². The molecule has 2 saturated carbocycles. The molecule has 4 aliphatic heterocycles. The molecule has 20 nitrogen and oxygen atoms in total. The van der Waals surface area contributed by atoms with Gasteiger partial charge in [0.05, 0.1) is 25.2 Å². The van der Waals surface area contributed by atoms with E-state index in [0.717, 1.165) is 11.1 Å². The molecule has 3 aromatic carbocycles. The molecule has 10 amide bonds. The summed E-state index contributed by atoms with van der Waals surface area (Å²) in [6.07, 6.45) is 4.02. The van der Waals surface area contributed by atoms with Crippen molar-refractivity contribution in [3.8, 4) is 0 Å². The molecule has 0 spiro atoms. The molecule has 12 atom stereocenters. The van der Waals surface area contributed by atoms with E-state index in [2.05, 4.69) is 42.5 Å². The fraction of sp³-hybridized carbons (Fsp3) is 0.519. The number of benzene rings is 3. The lowest BCUT2D eigenvalue weighted by Crippen LogP contribution is -2.62. The maximum absolute atomic E-state index is 14.5. The van der Waals surface area contributed by atoms with Gasteiger partial charge in [0.25, 0.3) is 0 Å². The molecule has 406 valence electrons. The molecule has 9 rings (SSSR count). The van der Waals surface area contributed by atoms with Crippen LogP contribution in [-0.2, 0) is 28.8 Å². The van der Waals surface area contributed by atoms with Gasteiger partial charge in [-0.3, -0.25) is 28.8 Å². The third-order valence-electron chi connectivity index (χ3n) is 16.1. The summed E-state index contributed by atoms with van der Waals surface area (Å²) < 4.78 is 27.1. The minimum Gasteiger partial charge on any atom is -0.351 e. The van der Waals surface area contributed by atoms with E-state index < -0.39 is 71.9 Å². The third-order valence-corrected chi connectivity index (χ3v) is 16.1. The normalized spacial score (nSPS) is 27.8. The van der Waals surface area contributed by atoms with E-state index in [1.165, 1.54) is 34.1 Å². The van der Waals surface area contributed by atoms with Crippen LogP contribution in [0, 0.1) is 11.6 Å². The van der Waals surface area contributed by atoms with Crippen molar-refractivity contribution in [1.29, 1.82) is 0 Å². The number of nitrogens with one attached hydrogen (secondary N) is 8. The average molecular weight is 1050 g/mol. The molecule has 0 aromatic heterocycles. The zero-order valence-corrected chi connectivity index (χ0v) is 43.2. The van der Waals surface area contributed by atoms with E-state index in [9.17, 15) is 47.1 Å². The zero-order chi connectivity index (χ0) is 53.9. The summed E-state index contributed by atoms with van der Waals surface area (Å²) in [7, 11) is 3.23. The Morgan fingerprint density at radius 2 is 0.882 bits per heavy atom. The molecule has 76 heavy (non-hydrogen) atoms. The number of likely N-dealkylation sites (N-methyl/N-ethyl adjacent to an activating group) is 2. The number of carbonyl (C=O) groups excluding carboxylic acids is 8. The van der Waals surface area contributed by atoms with Gasteiger partial charge < -0.3 is 62.1 Å². The molecule has 0 bridgehead atoms. The van der Waals surface area contributed by atoms with Crippen LogP contribution in [0.5, 0.6) is 0 Å². The van der Waals surface area contributed by atoms with Crippen LogP contribution in [0.2, 0.25) is 0 Å². The van der Waals surface area contributed by atoms with Crippen LogP contribution in [0.15, 0.2) is 72.8 Å². The minimum absolute atomic E-state index is 0.0440. The molecule has 3 aromatic rings. The van der Waals surface area contributed by atoms with Crippen molar-refractivity contribution in [1.82, 2.24) is 51.5 Å². The summed E-state index contributed by atoms with van der Waals surface area (Å²) in [6, 6.07) is 11.5. The van der Waals surface area contributed by atoms with Crippen molar-refractivity contribution in [2.45, 2.75) is 137 Å². The van der Waals surface area contributed by atoms with Gasteiger partial charge in [-0.1, -0.05) is 24.3 Å². The summed E-state index contributed by atoms with van der Waals surface area (Å²) in [4.78, 5) is 117. The Bertz CT molecular complexity index is 2500. The first-order chi connectivity index (χ1) is 36.5. The van der Waals surface area contributed by atoms with Crippen molar-refractivity contribution < 1.29 is 47.1 Å². The van der Waals surface area contributed by atoms with Gasteiger partial charge in [-0.15, -0.1) is 0 Å². The maximum atomic E-state index is 14.5. The van der Waals surface area contributed by atoms with Crippen LogP contribution in [0.4, 0.5) is 29.7 Å². The molecule has 0 unspecified atom stereocenters. The van der Waals surface area contributed by atoms with Crippen LogP contribution >= 0.6 is 0 Å². The fourth-order valence-corrected chi connectivity index (χ4v) is 11.2. The zero-order valence-electron chi connectivity index (χ0n) is 43.2. The maximum Gasteiger partial charge on any atom is 0.321 e. The summed E-state index contributed by atoms with van der Waals surface area (Å²) in [5, 5.41) is 23.3. The largest absolute Gasteiger partial charge is 0.351 e. The van der Waals surface area contributed by atoms with Crippen LogP contribution in [0.25, 0.3) is 0 Å². The molecule has 4 saturated heterocycles. The first kappa shape index (κ1) is 53.6. The van der Waals surface area contributed by atoms with E-state index in [-0.39, 0.29) is 85.6 Å². The van der Waals surface area contributed by atoms with E-state index in [4.69, 9.17) is 0 Å². The predicted octanol–water partition coefficient (Wildman–Crippen LogP) is 2.69.